The van der Waals surface area contributed by atoms with Crippen LogP contribution in [0, 0.1) is 0 Å². The Kier molecular flexibility index (Phi) is 12.6. The molecule has 4 unspecified atom stereocenters. The van der Waals surface area contributed by atoms with Crippen molar-refractivity contribution in [1.29, 1.82) is 0 Å². The van der Waals surface area contributed by atoms with E-state index < -0.39 is 66.9 Å². The molecule has 190 valence electrons. The Morgan fingerprint density at radius 2 is 1.65 bits per heavy atom. The van der Waals surface area contributed by atoms with Crippen LogP contribution in [0.5, 0.6) is 0 Å². The SMILES string of the molecule is CSCCC(N)C(=O)NC(CO)C(=O)NC(CCC(=O)O)C(=O)NC(Cc1cnc[nH]1)C(=O)O. The van der Waals surface area contributed by atoms with Gasteiger partial charge in [0.25, 0.3) is 0 Å². The molecule has 0 spiro atoms. The van der Waals surface area contributed by atoms with Gasteiger partial charge in [-0.1, -0.05) is 0 Å². The third-order valence-corrected chi connectivity index (χ3v) is 5.30. The number of carboxylic acids is 2. The van der Waals surface area contributed by atoms with E-state index in [2.05, 4.69) is 25.9 Å². The van der Waals surface area contributed by atoms with Gasteiger partial charge in [0, 0.05) is 24.7 Å². The number of nitrogens with zero attached hydrogens (tertiary/aromatic N) is 1. The molecule has 0 saturated heterocycles. The van der Waals surface area contributed by atoms with Gasteiger partial charge in [-0.3, -0.25) is 19.2 Å². The van der Waals surface area contributed by atoms with E-state index in [0.717, 1.165) is 0 Å². The van der Waals surface area contributed by atoms with Gasteiger partial charge in [0.2, 0.25) is 17.7 Å². The first-order valence-electron chi connectivity index (χ1n) is 10.3. The highest BCUT2D eigenvalue weighted by atomic mass is 32.2. The zero-order valence-electron chi connectivity index (χ0n) is 18.5. The van der Waals surface area contributed by atoms with Crippen LogP contribution >= 0.6 is 11.8 Å². The second-order valence-electron chi connectivity index (χ2n) is 7.31. The average molecular weight is 503 g/mol. The van der Waals surface area contributed by atoms with Crippen molar-refractivity contribution >= 4 is 41.4 Å². The third-order valence-electron chi connectivity index (χ3n) is 4.66. The van der Waals surface area contributed by atoms with Crippen molar-refractivity contribution < 1.29 is 39.3 Å². The number of aromatic amines is 1. The minimum atomic E-state index is -1.45. The lowest BCUT2D eigenvalue weighted by Gasteiger charge is -2.24. The van der Waals surface area contributed by atoms with Crippen LogP contribution in [0.15, 0.2) is 12.5 Å². The summed E-state index contributed by atoms with van der Waals surface area (Å²) < 4.78 is 0. The van der Waals surface area contributed by atoms with Gasteiger partial charge in [0.15, 0.2) is 0 Å². The van der Waals surface area contributed by atoms with E-state index in [9.17, 15) is 34.2 Å². The summed E-state index contributed by atoms with van der Waals surface area (Å²) in [7, 11) is 0. The first-order chi connectivity index (χ1) is 16.1. The number of imidazole rings is 1. The maximum Gasteiger partial charge on any atom is 0.326 e. The van der Waals surface area contributed by atoms with Gasteiger partial charge in [-0.2, -0.15) is 11.8 Å². The summed E-state index contributed by atoms with van der Waals surface area (Å²) in [6.45, 7) is -0.808. The Bertz CT molecular complexity index is 837. The number of carbonyl (C=O) groups excluding carboxylic acids is 3. The highest BCUT2D eigenvalue weighted by Gasteiger charge is 2.30. The summed E-state index contributed by atoms with van der Waals surface area (Å²) >= 11 is 1.48. The number of aliphatic hydroxyl groups excluding tert-OH is 1. The number of aliphatic carboxylic acids is 2. The number of aromatic nitrogens is 2. The molecule has 3 amide bonds. The van der Waals surface area contributed by atoms with Gasteiger partial charge in [-0.25, -0.2) is 9.78 Å². The second kappa shape index (κ2) is 14.9. The van der Waals surface area contributed by atoms with E-state index >= 15 is 0 Å². The molecule has 0 radical (unpaired) electrons. The number of nitrogens with two attached hydrogens (primary N) is 1. The smallest absolute Gasteiger partial charge is 0.326 e. The Labute approximate surface area is 199 Å². The highest BCUT2D eigenvalue weighted by molar-refractivity contribution is 7.98. The highest BCUT2D eigenvalue weighted by Crippen LogP contribution is 2.04. The first-order valence-corrected chi connectivity index (χ1v) is 11.7. The van der Waals surface area contributed by atoms with E-state index in [1.165, 1.54) is 24.3 Å². The molecule has 15 heteroatoms. The quantitative estimate of drug-likeness (QED) is 0.117. The average Bonchev–Trinajstić information content (AvgIpc) is 3.30. The molecular formula is C19H30N6O8S. The minimum absolute atomic E-state index is 0.135. The predicted molar refractivity (Wildman–Crippen MR) is 121 cm³/mol. The Morgan fingerprint density at radius 3 is 2.18 bits per heavy atom. The van der Waals surface area contributed by atoms with Crippen LogP contribution in [0.4, 0.5) is 0 Å². The monoisotopic (exact) mass is 502 g/mol. The fourth-order valence-corrected chi connectivity index (χ4v) is 3.24. The molecule has 1 heterocycles. The standard InChI is InChI=1S/C19H30N6O8S/c1-34-5-4-11(20)16(29)25-14(8-26)18(31)23-12(2-3-15(27)28)17(30)24-13(19(32)33)6-10-7-21-9-22-10/h7,9,11-14,26H,2-6,8,20H2,1H3,(H,21,22)(H,23,31)(H,24,30)(H,25,29)(H,27,28)(H,32,33). The summed E-state index contributed by atoms with van der Waals surface area (Å²) in [6, 6.07) is -5.20. The van der Waals surface area contributed by atoms with Gasteiger partial charge in [-0.15, -0.1) is 0 Å². The number of nitrogens with one attached hydrogen (secondary N) is 4. The fourth-order valence-electron chi connectivity index (χ4n) is 2.75. The summed E-state index contributed by atoms with van der Waals surface area (Å²) in [4.78, 5) is 66.5. The molecule has 1 aromatic rings. The van der Waals surface area contributed by atoms with Crippen molar-refractivity contribution in [3.05, 3.63) is 18.2 Å². The molecule has 1 rings (SSSR count). The minimum Gasteiger partial charge on any atom is -0.481 e. The van der Waals surface area contributed by atoms with E-state index in [0.29, 0.717) is 17.9 Å². The van der Waals surface area contributed by atoms with Gasteiger partial charge in [0.05, 0.1) is 19.0 Å². The second-order valence-corrected chi connectivity index (χ2v) is 8.29. The molecule has 1 aromatic heterocycles. The van der Waals surface area contributed by atoms with Gasteiger partial charge in [0.1, 0.15) is 18.1 Å². The number of carbonyl (C=O) groups is 5. The Morgan fingerprint density at radius 1 is 1.03 bits per heavy atom. The number of hydrogen-bond acceptors (Lipinski definition) is 9. The first kappa shape index (κ1) is 28.9. The number of carboxylic acid groups (broad SMARTS) is 2. The van der Waals surface area contributed by atoms with Crippen molar-refractivity contribution in [2.45, 2.75) is 49.9 Å². The number of thioether (sulfide) groups is 1. The number of H-pyrrole nitrogens is 1. The summed E-state index contributed by atoms with van der Waals surface area (Å²) in [5, 5.41) is 34.7. The molecule has 0 bridgehead atoms. The topological polar surface area (TPSA) is 237 Å². The lowest BCUT2D eigenvalue weighted by Crippen LogP contribution is -2.58. The van der Waals surface area contributed by atoms with Crippen LogP contribution in [0.25, 0.3) is 0 Å². The summed E-state index contributed by atoms with van der Waals surface area (Å²) in [6.07, 6.45) is 3.88. The van der Waals surface area contributed by atoms with Crippen LogP contribution in [0.3, 0.4) is 0 Å². The molecule has 0 aromatic carbocycles. The molecule has 0 aliphatic heterocycles. The zero-order chi connectivity index (χ0) is 25.7. The Balaban J connectivity index is 2.88. The van der Waals surface area contributed by atoms with Crippen LogP contribution < -0.4 is 21.7 Å². The molecule has 0 aliphatic carbocycles. The van der Waals surface area contributed by atoms with Gasteiger partial charge >= 0.3 is 11.9 Å². The molecule has 9 N–H and O–H groups in total. The normalized spacial score (nSPS) is 14.3. The lowest BCUT2D eigenvalue weighted by atomic mass is 10.1. The molecule has 14 nitrogen and oxygen atoms in total. The van der Waals surface area contributed by atoms with Crippen LogP contribution in [0.1, 0.15) is 25.0 Å². The number of hydrogen-bond donors (Lipinski definition) is 8. The zero-order valence-corrected chi connectivity index (χ0v) is 19.3. The van der Waals surface area contributed by atoms with Gasteiger partial charge in [-0.05, 0) is 24.9 Å². The number of rotatable bonds is 16. The van der Waals surface area contributed by atoms with E-state index in [1.54, 1.807) is 0 Å². The molecule has 0 aliphatic rings. The van der Waals surface area contributed by atoms with Crippen LogP contribution in [-0.2, 0) is 30.4 Å². The molecule has 4 atom stereocenters. The lowest BCUT2D eigenvalue weighted by molar-refractivity contribution is -0.143. The van der Waals surface area contributed by atoms with Crippen LogP contribution in [0.2, 0.25) is 0 Å². The molecule has 34 heavy (non-hydrogen) atoms. The fraction of sp³-hybridized carbons (Fsp3) is 0.579. The van der Waals surface area contributed by atoms with Crippen molar-refractivity contribution in [2.24, 2.45) is 5.73 Å². The van der Waals surface area contributed by atoms with Crippen molar-refractivity contribution in [3.63, 3.8) is 0 Å². The van der Waals surface area contributed by atoms with E-state index in [4.69, 9.17) is 10.8 Å². The van der Waals surface area contributed by atoms with Crippen molar-refractivity contribution in [1.82, 2.24) is 25.9 Å². The summed E-state index contributed by atoms with van der Waals surface area (Å²) in [5.41, 5.74) is 6.18. The van der Waals surface area contributed by atoms with E-state index in [1.807, 2.05) is 6.26 Å². The predicted octanol–water partition coefficient (Wildman–Crippen LogP) is -2.57. The maximum atomic E-state index is 12.7. The maximum absolute atomic E-state index is 12.7. The molecule has 0 saturated carbocycles. The van der Waals surface area contributed by atoms with Gasteiger partial charge < -0.3 is 42.0 Å². The molecular weight excluding hydrogens is 472 g/mol. The van der Waals surface area contributed by atoms with Crippen molar-refractivity contribution in [3.8, 4) is 0 Å². The number of amides is 3. The van der Waals surface area contributed by atoms with E-state index in [-0.39, 0.29) is 12.8 Å². The molecule has 0 fully saturated rings. The Hall–Kier alpha value is -3.17. The summed E-state index contributed by atoms with van der Waals surface area (Å²) in [5.74, 6) is -4.58. The number of aliphatic hydroxyl groups is 1. The van der Waals surface area contributed by atoms with Crippen LogP contribution in [-0.4, -0.2) is 97.7 Å². The third kappa shape index (κ3) is 10.2. The van der Waals surface area contributed by atoms with Crippen molar-refractivity contribution in [2.75, 3.05) is 18.6 Å². The largest absolute Gasteiger partial charge is 0.481 e.